The van der Waals surface area contributed by atoms with Crippen LogP contribution in [0.4, 0.5) is 0 Å². The van der Waals surface area contributed by atoms with Gasteiger partial charge in [-0.15, -0.1) is 0 Å². The predicted molar refractivity (Wildman–Crippen MR) is 68.2 cm³/mol. The van der Waals surface area contributed by atoms with E-state index in [2.05, 4.69) is 0 Å². The smallest absolute Gasteiger partial charge is 0.261 e. The molecule has 1 fully saturated rings. The molecule has 4 nitrogen and oxygen atoms in total. The first kappa shape index (κ1) is 11.5. The minimum absolute atomic E-state index is 0.0118. The van der Waals surface area contributed by atoms with Crippen molar-refractivity contribution in [3.8, 4) is 0 Å². The third kappa shape index (κ3) is 1.75. The Morgan fingerprint density at radius 1 is 1.17 bits per heavy atom. The van der Waals surface area contributed by atoms with E-state index in [1.54, 1.807) is 24.3 Å². The third-order valence-electron chi connectivity index (χ3n) is 3.58. The monoisotopic (exact) mass is 243 g/mol. The molecule has 1 aromatic carbocycles. The van der Waals surface area contributed by atoms with E-state index in [0.29, 0.717) is 17.7 Å². The van der Waals surface area contributed by atoms with Gasteiger partial charge in [0, 0.05) is 6.00 Å². The fourth-order valence-electron chi connectivity index (χ4n) is 2.63. The number of carbonyl (C=O) groups excluding carboxylic acids is 2. The van der Waals surface area contributed by atoms with Crippen molar-refractivity contribution in [3.05, 3.63) is 35.4 Å². The molecule has 5 heteroatoms. The van der Waals surface area contributed by atoms with Crippen LogP contribution in [0.15, 0.2) is 24.3 Å². The summed E-state index contributed by atoms with van der Waals surface area (Å²) in [5, 5.41) is 0. The van der Waals surface area contributed by atoms with Crippen LogP contribution in [0.3, 0.4) is 0 Å². The molecule has 0 N–H and O–H groups in total. The second-order valence-electron chi connectivity index (χ2n) is 4.91. The lowest BCUT2D eigenvalue weighted by molar-refractivity contribution is 0.0417. The van der Waals surface area contributed by atoms with Crippen molar-refractivity contribution in [2.45, 2.75) is 24.9 Å². The van der Waals surface area contributed by atoms with E-state index in [4.69, 9.17) is 4.74 Å². The van der Waals surface area contributed by atoms with Gasteiger partial charge in [0.25, 0.3) is 11.8 Å². The van der Waals surface area contributed by atoms with Crippen molar-refractivity contribution < 1.29 is 14.3 Å². The molecule has 2 aliphatic rings. The first-order chi connectivity index (χ1) is 8.66. The minimum Gasteiger partial charge on any atom is -0.382 e. The number of nitrogens with zero attached hydrogens (tertiary/aromatic N) is 1. The van der Waals surface area contributed by atoms with Crippen LogP contribution in [0.5, 0.6) is 0 Å². The average Bonchev–Trinajstić information content (AvgIpc) is 2.88. The number of amides is 2. The average molecular weight is 243 g/mol. The van der Waals surface area contributed by atoms with Gasteiger partial charge in [0.05, 0.1) is 23.8 Å². The van der Waals surface area contributed by atoms with Crippen LogP contribution in [-0.2, 0) is 4.74 Å². The lowest BCUT2D eigenvalue weighted by Crippen LogP contribution is -2.37. The van der Waals surface area contributed by atoms with Gasteiger partial charge >= 0.3 is 0 Å². The quantitative estimate of drug-likeness (QED) is 0.558. The third-order valence-corrected chi connectivity index (χ3v) is 3.58. The van der Waals surface area contributed by atoms with Gasteiger partial charge in [0.1, 0.15) is 7.85 Å². The maximum absolute atomic E-state index is 12.1. The molecule has 0 unspecified atom stereocenters. The zero-order chi connectivity index (χ0) is 12.7. The van der Waals surface area contributed by atoms with Crippen LogP contribution >= 0.6 is 0 Å². The van der Waals surface area contributed by atoms with Crippen LogP contribution in [0.1, 0.15) is 33.6 Å². The highest BCUT2D eigenvalue weighted by Crippen LogP contribution is 2.25. The highest BCUT2D eigenvalue weighted by molar-refractivity contribution is 6.21. The van der Waals surface area contributed by atoms with Gasteiger partial charge in [-0.2, -0.15) is 0 Å². The molecule has 2 aliphatic heterocycles. The summed E-state index contributed by atoms with van der Waals surface area (Å²) in [6, 6.07) is 7.19. The number of benzene rings is 1. The van der Waals surface area contributed by atoms with Crippen LogP contribution < -0.4 is 0 Å². The Balaban J connectivity index is 1.80. The topological polar surface area (TPSA) is 46.6 Å². The van der Waals surface area contributed by atoms with E-state index in [1.807, 2.05) is 7.85 Å². The fourth-order valence-corrected chi connectivity index (χ4v) is 2.63. The van der Waals surface area contributed by atoms with Crippen molar-refractivity contribution in [1.82, 2.24) is 4.90 Å². The normalized spacial score (nSPS) is 26.8. The van der Waals surface area contributed by atoms with Crippen molar-refractivity contribution in [3.63, 3.8) is 0 Å². The van der Waals surface area contributed by atoms with Crippen molar-refractivity contribution in [1.29, 1.82) is 0 Å². The molecular formula is C13H14BNO3. The number of imide groups is 1. The Bertz CT molecular complexity index is 482. The molecule has 18 heavy (non-hydrogen) atoms. The molecule has 3 rings (SSSR count). The van der Waals surface area contributed by atoms with E-state index in [1.165, 1.54) is 4.90 Å². The Labute approximate surface area is 106 Å². The highest BCUT2D eigenvalue weighted by Gasteiger charge is 2.37. The van der Waals surface area contributed by atoms with Crippen LogP contribution in [0.2, 0.25) is 0 Å². The van der Waals surface area contributed by atoms with E-state index in [0.717, 1.165) is 12.8 Å². The molecule has 92 valence electrons. The van der Waals surface area contributed by atoms with Crippen molar-refractivity contribution in [2.24, 2.45) is 0 Å². The molecule has 2 amide bonds. The molecule has 2 heterocycles. The molecule has 0 spiro atoms. The Kier molecular flexibility index (Phi) is 2.71. The minimum atomic E-state index is -0.196. The summed E-state index contributed by atoms with van der Waals surface area (Å²) in [4.78, 5) is 25.6. The zero-order valence-electron chi connectivity index (χ0n) is 10.3. The van der Waals surface area contributed by atoms with E-state index in [-0.39, 0.29) is 23.9 Å². The molecule has 0 bridgehead atoms. The second kappa shape index (κ2) is 4.25. The van der Waals surface area contributed by atoms with Crippen LogP contribution in [-0.4, -0.2) is 43.2 Å². The molecule has 1 aromatic rings. The van der Waals surface area contributed by atoms with Crippen LogP contribution in [0.25, 0.3) is 0 Å². The van der Waals surface area contributed by atoms with Gasteiger partial charge in [-0.3, -0.25) is 14.5 Å². The number of hydrogen-bond acceptors (Lipinski definition) is 3. The summed E-state index contributed by atoms with van der Waals surface area (Å²) in [5.41, 5.74) is 1.02. The summed E-state index contributed by atoms with van der Waals surface area (Å²) in [5.74, 6) is -0.391. The second-order valence-corrected chi connectivity index (χ2v) is 4.91. The first-order valence-corrected chi connectivity index (χ1v) is 6.27. The lowest BCUT2D eigenvalue weighted by Gasteiger charge is -2.18. The molecule has 0 saturated carbocycles. The largest absolute Gasteiger partial charge is 0.382 e. The Morgan fingerprint density at radius 2 is 1.78 bits per heavy atom. The van der Waals surface area contributed by atoms with Gasteiger partial charge in [0.2, 0.25) is 0 Å². The van der Waals surface area contributed by atoms with Crippen LogP contribution in [0, 0.1) is 0 Å². The van der Waals surface area contributed by atoms with Gasteiger partial charge in [-0.1, -0.05) is 12.1 Å². The number of fused-ring (bicyclic) bond motifs is 1. The summed E-state index contributed by atoms with van der Waals surface area (Å²) in [7, 11) is 2.02. The molecule has 2 atom stereocenters. The van der Waals surface area contributed by atoms with Gasteiger partial charge in [-0.05, 0) is 25.0 Å². The number of rotatable bonds is 2. The maximum atomic E-state index is 12.1. The lowest BCUT2D eigenvalue weighted by atomic mass is 9.97. The van der Waals surface area contributed by atoms with E-state index < -0.39 is 0 Å². The summed E-state index contributed by atoms with van der Waals surface area (Å²) in [6.07, 6.45) is 1.89. The summed E-state index contributed by atoms with van der Waals surface area (Å²) < 4.78 is 5.67. The maximum Gasteiger partial charge on any atom is 0.261 e. The number of hydrogen-bond donors (Lipinski definition) is 0. The molecule has 0 aromatic heterocycles. The van der Waals surface area contributed by atoms with E-state index >= 15 is 0 Å². The standard InChI is InChI=1S/C13H14BNO3/c14-11-6-5-8(18-11)7-15-12(16)9-3-1-2-4-10(9)13(15)17/h1-4,8,11H,5-7,14H2/t8-,11+/m0/s1. The van der Waals surface area contributed by atoms with E-state index in [9.17, 15) is 9.59 Å². The van der Waals surface area contributed by atoms with Gasteiger partial charge in [0.15, 0.2) is 0 Å². The first-order valence-electron chi connectivity index (χ1n) is 6.27. The molecule has 1 saturated heterocycles. The SMILES string of the molecule is B[C@H]1CC[C@@H](CN2C(=O)c3ccccc3C2=O)O1. The van der Waals surface area contributed by atoms with Crippen molar-refractivity contribution in [2.75, 3.05) is 6.54 Å². The zero-order valence-corrected chi connectivity index (χ0v) is 10.3. The summed E-state index contributed by atoms with van der Waals surface area (Å²) in [6.45, 7) is 0.372. The molecular weight excluding hydrogens is 229 g/mol. The molecule has 0 radical (unpaired) electrons. The number of ether oxygens (including phenoxy) is 1. The van der Waals surface area contributed by atoms with Gasteiger partial charge in [-0.25, -0.2) is 0 Å². The van der Waals surface area contributed by atoms with Gasteiger partial charge < -0.3 is 4.74 Å². The predicted octanol–water partition coefficient (Wildman–Crippen LogP) is 0.421. The summed E-state index contributed by atoms with van der Waals surface area (Å²) >= 11 is 0. The number of carbonyl (C=O) groups is 2. The Hall–Kier alpha value is -1.62. The fraction of sp³-hybridized carbons (Fsp3) is 0.385. The highest BCUT2D eigenvalue weighted by atomic mass is 16.5. The Morgan fingerprint density at radius 3 is 2.28 bits per heavy atom. The molecule has 0 aliphatic carbocycles. The van der Waals surface area contributed by atoms with Crippen molar-refractivity contribution >= 4 is 19.7 Å².